The Kier molecular flexibility index (Phi) is 7.19. The number of aryl methyl sites for hydroxylation is 1. The molecule has 0 unspecified atom stereocenters. The van der Waals surface area contributed by atoms with E-state index in [1.165, 1.54) is 11.1 Å². The van der Waals surface area contributed by atoms with Crippen molar-refractivity contribution >= 4 is 17.7 Å². The molecule has 3 nitrogen and oxygen atoms in total. The van der Waals surface area contributed by atoms with E-state index in [2.05, 4.69) is 36.5 Å². The molecule has 4 heteroatoms. The average Bonchev–Trinajstić information content (AvgIpc) is 2.56. The molecule has 2 aromatic carbocycles. The van der Waals surface area contributed by atoms with Crippen LogP contribution < -0.4 is 10.1 Å². The van der Waals surface area contributed by atoms with Crippen LogP contribution in [-0.4, -0.2) is 24.3 Å². The minimum Gasteiger partial charge on any atom is -0.491 e. The van der Waals surface area contributed by atoms with Gasteiger partial charge < -0.3 is 10.1 Å². The van der Waals surface area contributed by atoms with Crippen molar-refractivity contribution in [3.63, 3.8) is 0 Å². The lowest BCUT2D eigenvalue weighted by Gasteiger charge is -2.10. The number of ether oxygens (including phenoxy) is 1. The molecule has 0 spiro atoms. The summed E-state index contributed by atoms with van der Waals surface area (Å²) in [6.45, 7) is 6.72. The summed E-state index contributed by atoms with van der Waals surface area (Å²) in [7, 11) is 0. The Balaban J connectivity index is 1.68. The number of rotatable bonds is 8. The molecule has 0 bridgehead atoms. The van der Waals surface area contributed by atoms with Crippen molar-refractivity contribution < 1.29 is 9.53 Å². The maximum atomic E-state index is 12.1. The van der Waals surface area contributed by atoms with Crippen LogP contribution in [0.5, 0.6) is 5.75 Å². The fourth-order valence-electron chi connectivity index (χ4n) is 2.17. The van der Waals surface area contributed by atoms with Crippen LogP contribution >= 0.6 is 11.8 Å². The minimum atomic E-state index is -0.0398. The number of amides is 1. The predicted molar refractivity (Wildman–Crippen MR) is 102 cm³/mol. The molecule has 2 rings (SSSR count). The quantitative estimate of drug-likeness (QED) is 0.720. The van der Waals surface area contributed by atoms with Gasteiger partial charge in [0.1, 0.15) is 5.75 Å². The molecule has 0 radical (unpaired) electrons. The molecular formula is C20H25NO2S. The summed E-state index contributed by atoms with van der Waals surface area (Å²) in [4.78, 5) is 12.1. The van der Waals surface area contributed by atoms with Gasteiger partial charge in [0.2, 0.25) is 0 Å². The number of hydrogen-bond donors (Lipinski definition) is 1. The molecule has 0 aliphatic carbocycles. The fourth-order valence-corrected chi connectivity index (χ4v) is 2.99. The predicted octanol–water partition coefficient (Wildman–Crippen LogP) is 4.45. The lowest BCUT2D eigenvalue weighted by Crippen LogP contribution is -2.25. The van der Waals surface area contributed by atoms with E-state index in [0.29, 0.717) is 12.1 Å². The maximum absolute atomic E-state index is 12.1. The SMILES string of the molecule is Cc1ccc(CSCCNC(=O)c2ccc(OC(C)C)cc2)cc1. The van der Waals surface area contributed by atoms with Crippen molar-refractivity contribution in [2.45, 2.75) is 32.6 Å². The fraction of sp³-hybridized carbons (Fsp3) is 0.350. The second-order valence-electron chi connectivity index (χ2n) is 5.99. The van der Waals surface area contributed by atoms with Crippen molar-refractivity contribution in [2.24, 2.45) is 0 Å². The highest BCUT2D eigenvalue weighted by Crippen LogP contribution is 2.14. The first-order valence-corrected chi connectivity index (χ1v) is 9.38. The van der Waals surface area contributed by atoms with E-state index >= 15 is 0 Å². The highest BCUT2D eigenvalue weighted by Gasteiger charge is 2.05. The van der Waals surface area contributed by atoms with Crippen LogP contribution in [0.25, 0.3) is 0 Å². The molecule has 0 aliphatic rings. The Bertz CT molecular complexity index is 636. The van der Waals surface area contributed by atoms with E-state index in [1.54, 1.807) is 12.1 Å². The van der Waals surface area contributed by atoms with Gasteiger partial charge in [-0.25, -0.2) is 0 Å². The van der Waals surface area contributed by atoms with E-state index in [1.807, 2.05) is 37.7 Å². The number of carbonyl (C=O) groups is 1. The van der Waals surface area contributed by atoms with Crippen LogP contribution in [0.3, 0.4) is 0 Å². The first-order chi connectivity index (χ1) is 11.5. The Morgan fingerprint density at radius 2 is 1.75 bits per heavy atom. The van der Waals surface area contributed by atoms with Crippen LogP contribution in [0.1, 0.15) is 35.3 Å². The number of benzene rings is 2. The summed E-state index contributed by atoms with van der Waals surface area (Å²) in [5, 5.41) is 2.95. The van der Waals surface area contributed by atoms with Crippen molar-refractivity contribution in [1.82, 2.24) is 5.32 Å². The molecule has 128 valence electrons. The normalized spacial score (nSPS) is 10.7. The summed E-state index contributed by atoms with van der Waals surface area (Å²) in [6.07, 6.45) is 0.134. The molecule has 1 N–H and O–H groups in total. The van der Waals surface area contributed by atoms with Gasteiger partial charge in [-0.1, -0.05) is 29.8 Å². The largest absolute Gasteiger partial charge is 0.491 e. The van der Waals surface area contributed by atoms with Gasteiger partial charge in [-0.3, -0.25) is 4.79 Å². The molecular weight excluding hydrogens is 318 g/mol. The van der Waals surface area contributed by atoms with Crippen molar-refractivity contribution in [3.05, 3.63) is 65.2 Å². The Morgan fingerprint density at radius 3 is 2.38 bits per heavy atom. The summed E-state index contributed by atoms with van der Waals surface area (Å²) >= 11 is 1.82. The van der Waals surface area contributed by atoms with Gasteiger partial charge in [0.15, 0.2) is 0 Å². The highest BCUT2D eigenvalue weighted by molar-refractivity contribution is 7.98. The van der Waals surface area contributed by atoms with Crippen LogP contribution in [-0.2, 0) is 5.75 Å². The molecule has 0 aromatic heterocycles. The molecule has 0 saturated carbocycles. The maximum Gasteiger partial charge on any atom is 0.251 e. The van der Waals surface area contributed by atoms with Gasteiger partial charge in [0.25, 0.3) is 5.91 Å². The standard InChI is InChI=1S/C20H25NO2S/c1-15(2)23-19-10-8-18(9-11-19)20(22)21-12-13-24-14-17-6-4-16(3)5-7-17/h4-11,15H,12-14H2,1-3H3,(H,21,22). The highest BCUT2D eigenvalue weighted by atomic mass is 32.2. The Hall–Kier alpha value is -1.94. The lowest BCUT2D eigenvalue weighted by atomic mass is 10.2. The molecule has 0 aliphatic heterocycles. The zero-order valence-electron chi connectivity index (χ0n) is 14.5. The summed E-state index contributed by atoms with van der Waals surface area (Å²) < 4.78 is 5.58. The minimum absolute atomic E-state index is 0.0398. The number of nitrogens with one attached hydrogen (secondary N) is 1. The Morgan fingerprint density at radius 1 is 1.08 bits per heavy atom. The van der Waals surface area contributed by atoms with E-state index in [0.717, 1.165) is 17.3 Å². The van der Waals surface area contributed by atoms with Crippen molar-refractivity contribution in [1.29, 1.82) is 0 Å². The first-order valence-electron chi connectivity index (χ1n) is 8.23. The smallest absolute Gasteiger partial charge is 0.251 e. The molecule has 1 amide bonds. The average molecular weight is 343 g/mol. The number of thioether (sulfide) groups is 1. The van der Waals surface area contributed by atoms with Crippen molar-refractivity contribution in [3.8, 4) is 5.75 Å². The summed E-state index contributed by atoms with van der Waals surface area (Å²) in [5.74, 6) is 2.61. The second kappa shape index (κ2) is 9.38. The van der Waals surface area contributed by atoms with E-state index < -0.39 is 0 Å². The first kappa shape index (κ1) is 18.4. The second-order valence-corrected chi connectivity index (χ2v) is 7.09. The lowest BCUT2D eigenvalue weighted by molar-refractivity contribution is 0.0956. The molecule has 0 fully saturated rings. The van der Waals surface area contributed by atoms with Gasteiger partial charge in [0.05, 0.1) is 6.10 Å². The molecule has 24 heavy (non-hydrogen) atoms. The van der Waals surface area contributed by atoms with E-state index in [-0.39, 0.29) is 12.0 Å². The third kappa shape index (κ3) is 6.28. The van der Waals surface area contributed by atoms with Gasteiger partial charge in [0, 0.05) is 23.6 Å². The Labute approximate surface area is 148 Å². The summed E-state index contributed by atoms with van der Waals surface area (Å²) in [5.41, 5.74) is 3.26. The molecule has 0 saturated heterocycles. The van der Waals surface area contributed by atoms with Gasteiger partial charge >= 0.3 is 0 Å². The van der Waals surface area contributed by atoms with Crippen LogP contribution in [0.2, 0.25) is 0 Å². The number of carbonyl (C=O) groups excluding carboxylic acids is 1. The summed E-state index contributed by atoms with van der Waals surface area (Å²) in [6, 6.07) is 15.8. The molecule has 2 aromatic rings. The third-order valence-electron chi connectivity index (χ3n) is 3.41. The van der Waals surface area contributed by atoms with E-state index in [9.17, 15) is 4.79 Å². The van der Waals surface area contributed by atoms with Crippen LogP contribution in [0, 0.1) is 6.92 Å². The van der Waals surface area contributed by atoms with Gasteiger partial charge in [-0.2, -0.15) is 11.8 Å². The van der Waals surface area contributed by atoms with Gasteiger partial charge in [-0.15, -0.1) is 0 Å². The zero-order chi connectivity index (χ0) is 17.4. The third-order valence-corrected chi connectivity index (χ3v) is 4.44. The zero-order valence-corrected chi connectivity index (χ0v) is 15.4. The molecule has 0 heterocycles. The van der Waals surface area contributed by atoms with Crippen LogP contribution in [0.15, 0.2) is 48.5 Å². The van der Waals surface area contributed by atoms with Crippen molar-refractivity contribution in [2.75, 3.05) is 12.3 Å². The topological polar surface area (TPSA) is 38.3 Å². The van der Waals surface area contributed by atoms with E-state index in [4.69, 9.17) is 4.74 Å². The number of hydrogen-bond acceptors (Lipinski definition) is 3. The molecule has 0 atom stereocenters. The van der Waals surface area contributed by atoms with Crippen LogP contribution in [0.4, 0.5) is 0 Å². The van der Waals surface area contributed by atoms with Gasteiger partial charge in [-0.05, 0) is 50.6 Å². The monoisotopic (exact) mass is 343 g/mol.